The van der Waals surface area contributed by atoms with Gasteiger partial charge in [-0.05, 0) is 22.0 Å². The average molecular weight is 352 g/mol. The van der Waals surface area contributed by atoms with Crippen LogP contribution in [0.25, 0.3) is 22.2 Å². The Morgan fingerprint density at radius 3 is 2.68 bits per heavy atom. The van der Waals surface area contributed by atoms with Crippen LogP contribution in [0.1, 0.15) is 15.9 Å². The van der Waals surface area contributed by atoms with Crippen molar-refractivity contribution in [3.05, 3.63) is 52.3 Å². The number of aliphatic imine (C=N–C) groups is 1. The third-order valence-electron chi connectivity index (χ3n) is 3.66. The van der Waals surface area contributed by atoms with Gasteiger partial charge in [-0.1, -0.05) is 24.3 Å². The van der Waals surface area contributed by atoms with Crippen LogP contribution in [0, 0.1) is 0 Å². The van der Waals surface area contributed by atoms with E-state index in [0.29, 0.717) is 32.2 Å². The molecule has 1 aliphatic carbocycles. The van der Waals surface area contributed by atoms with Crippen molar-refractivity contribution in [2.75, 3.05) is 0 Å². The van der Waals surface area contributed by atoms with Crippen LogP contribution in [-0.2, 0) is 4.79 Å². The number of aromatic nitrogens is 2. The maximum absolute atomic E-state index is 12.8. The second kappa shape index (κ2) is 4.66. The normalized spacial score (nSPS) is 12.0. The molecule has 1 heterocycles. The van der Waals surface area contributed by atoms with Crippen molar-refractivity contribution in [1.82, 2.24) is 9.97 Å². The maximum atomic E-state index is 12.8. The SMILES string of the molecule is O=C=Nc1cc(Br)c2ncnc3c2c1C(=O)c1ccccc1-3. The second-order valence-corrected chi connectivity index (χ2v) is 5.63. The van der Waals surface area contributed by atoms with Gasteiger partial charge in [0, 0.05) is 21.0 Å². The van der Waals surface area contributed by atoms with E-state index in [1.54, 1.807) is 18.2 Å². The molecular weight excluding hydrogens is 346 g/mol. The first-order valence-electron chi connectivity index (χ1n) is 6.41. The summed E-state index contributed by atoms with van der Waals surface area (Å²) in [5, 5.41) is 0.606. The summed E-state index contributed by atoms with van der Waals surface area (Å²) in [6.07, 6.45) is 2.96. The Kier molecular flexibility index (Phi) is 2.76. The van der Waals surface area contributed by atoms with Crippen LogP contribution >= 0.6 is 15.9 Å². The third-order valence-corrected chi connectivity index (χ3v) is 4.27. The van der Waals surface area contributed by atoms with Crippen molar-refractivity contribution in [3.8, 4) is 11.3 Å². The maximum Gasteiger partial charge on any atom is 0.240 e. The second-order valence-electron chi connectivity index (χ2n) is 4.78. The minimum atomic E-state index is -0.190. The molecule has 0 atom stereocenters. The van der Waals surface area contributed by atoms with E-state index in [1.165, 1.54) is 12.4 Å². The van der Waals surface area contributed by atoms with Gasteiger partial charge in [0.25, 0.3) is 0 Å². The molecule has 4 rings (SSSR count). The van der Waals surface area contributed by atoms with Gasteiger partial charge in [0.05, 0.1) is 22.5 Å². The Balaban J connectivity index is 2.29. The fourth-order valence-corrected chi connectivity index (χ4v) is 3.30. The monoisotopic (exact) mass is 351 g/mol. The lowest BCUT2D eigenvalue weighted by Crippen LogP contribution is -2.12. The third kappa shape index (κ3) is 1.62. The quantitative estimate of drug-likeness (QED) is 0.388. The lowest BCUT2D eigenvalue weighted by atomic mass is 9.86. The average Bonchev–Trinajstić information content (AvgIpc) is 2.54. The minimum Gasteiger partial charge on any atom is -0.288 e. The molecule has 0 aliphatic heterocycles. The molecule has 104 valence electrons. The van der Waals surface area contributed by atoms with Crippen LogP contribution in [0.2, 0.25) is 0 Å². The topological polar surface area (TPSA) is 72.3 Å². The van der Waals surface area contributed by atoms with Gasteiger partial charge in [0.15, 0.2) is 5.78 Å². The fourth-order valence-electron chi connectivity index (χ4n) is 2.79. The van der Waals surface area contributed by atoms with Crippen molar-refractivity contribution in [3.63, 3.8) is 0 Å². The summed E-state index contributed by atoms with van der Waals surface area (Å²) < 4.78 is 0.649. The first-order chi connectivity index (χ1) is 10.7. The van der Waals surface area contributed by atoms with E-state index < -0.39 is 0 Å². The van der Waals surface area contributed by atoms with E-state index in [2.05, 4.69) is 30.9 Å². The van der Waals surface area contributed by atoms with E-state index in [1.807, 2.05) is 12.1 Å². The highest BCUT2D eigenvalue weighted by Crippen LogP contribution is 2.43. The van der Waals surface area contributed by atoms with E-state index in [0.717, 1.165) is 5.56 Å². The summed E-state index contributed by atoms with van der Waals surface area (Å²) >= 11 is 3.41. The van der Waals surface area contributed by atoms with Gasteiger partial charge in [-0.25, -0.2) is 14.8 Å². The van der Waals surface area contributed by atoms with Crippen molar-refractivity contribution in [1.29, 1.82) is 0 Å². The number of halogens is 1. The zero-order valence-electron chi connectivity index (χ0n) is 11.0. The largest absolute Gasteiger partial charge is 0.288 e. The van der Waals surface area contributed by atoms with Crippen molar-refractivity contribution >= 4 is 44.4 Å². The Bertz CT molecular complexity index is 1020. The van der Waals surface area contributed by atoms with Crippen LogP contribution in [0.15, 0.2) is 46.1 Å². The Morgan fingerprint density at radius 2 is 1.91 bits per heavy atom. The Morgan fingerprint density at radius 1 is 1.14 bits per heavy atom. The summed E-state index contributed by atoms with van der Waals surface area (Å²) in [6, 6.07) is 8.84. The zero-order chi connectivity index (χ0) is 15.3. The molecule has 0 fully saturated rings. The molecule has 0 bridgehead atoms. The summed E-state index contributed by atoms with van der Waals surface area (Å²) in [7, 11) is 0. The van der Waals surface area contributed by atoms with Crippen molar-refractivity contribution < 1.29 is 9.59 Å². The zero-order valence-corrected chi connectivity index (χ0v) is 12.6. The van der Waals surface area contributed by atoms with Crippen molar-refractivity contribution in [2.45, 2.75) is 0 Å². The molecule has 22 heavy (non-hydrogen) atoms. The van der Waals surface area contributed by atoms with E-state index in [9.17, 15) is 9.59 Å². The number of isocyanates is 1. The van der Waals surface area contributed by atoms with Gasteiger partial charge in [0.1, 0.15) is 6.33 Å². The summed E-state index contributed by atoms with van der Waals surface area (Å²) in [5.41, 5.74) is 3.19. The number of nitrogens with zero attached hydrogens (tertiary/aromatic N) is 3. The highest BCUT2D eigenvalue weighted by Gasteiger charge is 2.29. The molecule has 0 saturated carbocycles. The number of carbonyl (C=O) groups is 1. The first kappa shape index (κ1) is 13.0. The molecule has 0 N–H and O–H groups in total. The number of fused-ring (bicyclic) bond motifs is 2. The van der Waals surface area contributed by atoms with E-state index in [-0.39, 0.29) is 11.5 Å². The van der Waals surface area contributed by atoms with E-state index in [4.69, 9.17) is 0 Å². The van der Waals surface area contributed by atoms with Crippen LogP contribution in [0.3, 0.4) is 0 Å². The first-order valence-corrected chi connectivity index (χ1v) is 7.21. The van der Waals surface area contributed by atoms with Gasteiger partial charge in [-0.2, -0.15) is 4.99 Å². The molecule has 6 heteroatoms. The van der Waals surface area contributed by atoms with Crippen LogP contribution in [-0.4, -0.2) is 21.8 Å². The molecule has 3 aromatic rings. The summed E-state index contributed by atoms with van der Waals surface area (Å²) in [6.45, 7) is 0. The lowest BCUT2D eigenvalue weighted by molar-refractivity contribution is 0.104. The molecule has 1 aliphatic rings. The molecule has 0 saturated heterocycles. The standard InChI is InChI=1S/C16H6BrN3O2/c17-10-5-11(20-7-21)12-13-14(18-6-19-15(10)13)8-3-1-2-4-9(8)16(12)22/h1-6H. The highest BCUT2D eigenvalue weighted by molar-refractivity contribution is 9.10. The van der Waals surface area contributed by atoms with Gasteiger partial charge in [-0.15, -0.1) is 0 Å². The number of hydrogen-bond donors (Lipinski definition) is 0. The molecule has 0 radical (unpaired) electrons. The fraction of sp³-hybridized carbons (Fsp3) is 0. The minimum absolute atomic E-state index is 0.190. The predicted molar refractivity (Wildman–Crippen MR) is 83.9 cm³/mol. The molecule has 2 aromatic carbocycles. The Hall–Kier alpha value is -2.69. The van der Waals surface area contributed by atoms with Crippen LogP contribution in [0.4, 0.5) is 5.69 Å². The number of carbonyl (C=O) groups excluding carboxylic acids is 2. The molecule has 0 unspecified atom stereocenters. The number of rotatable bonds is 1. The summed E-state index contributed by atoms with van der Waals surface area (Å²) in [4.78, 5) is 35.8. The predicted octanol–water partition coefficient (Wildman–Crippen LogP) is 3.57. The smallest absolute Gasteiger partial charge is 0.240 e. The summed E-state index contributed by atoms with van der Waals surface area (Å²) in [5.74, 6) is -0.190. The number of hydrogen-bond acceptors (Lipinski definition) is 5. The number of ketones is 1. The lowest BCUT2D eigenvalue weighted by Gasteiger charge is -2.19. The molecular formula is C16H6BrN3O2. The van der Waals surface area contributed by atoms with E-state index >= 15 is 0 Å². The van der Waals surface area contributed by atoms with Gasteiger partial charge in [-0.3, -0.25) is 4.79 Å². The molecule has 0 spiro atoms. The molecule has 1 aromatic heterocycles. The number of benzene rings is 2. The van der Waals surface area contributed by atoms with Crippen LogP contribution in [0.5, 0.6) is 0 Å². The molecule has 0 amide bonds. The van der Waals surface area contributed by atoms with Gasteiger partial charge < -0.3 is 0 Å². The molecule has 5 nitrogen and oxygen atoms in total. The van der Waals surface area contributed by atoms with Gasteiger partial charge in [0.2, 0.25) is 6.08 Å². The highest BCUT2D eigenvalue weighted by atomic mass is 79.9. The van der Waals surface area contributed by atoms with Gasteiger partial charge >= 0.3 is 0 Å². The Labute approximate surface area is 132 Å². The van der Waals surface area contributed by atoms with Crippen molar-refractivity contribution in [2.24, 2.45) is 4.99 Å². The van der Waals surface area contributed by atoms with Crippen LogP contribution < -0.4 is 0 Å².